The van der Waals surface area contributed by atoms with Gasteiger partial charge >= 0.3 is 12.0 Å². The number of urea groups is 1. The summed E-state index contributed by atoms with van der Waals surface area (Å²) in [5, 5.41) is 2.86. The van der Waals surface area contributed by atoms with Gasteiger partial charge in [0.1, 0.15) is 18.7 Å². The molecule has 1 aliphatic carbocycles. The third kappa shape index (κ3) is 4.34. The van der Waals surface area contributed by atoms with Gasteiger partial charge < -0.3 is 10.1 Å². The van der Waals surface area contributed by atoms with Crippen molar-refractivity contribution in [1.82, 2.24) is 10.2 Å². The fourth-order valence-corrected chi connectivity index (χ4v) is 4.83. The van der Waals surface area contributed by atoms with Crippen molar-refractivity contribution in [2.45, 2.75) is 52.2 Å². The molecule has 6 nitrogen and oxygen atoms in total. The highest BCUT2D eigenvalue weighted by Crippen LogP contribution is 2.46. The Kier molecular flexibility index (Phi) is 5.34. The standard InChI is InChI=1S/C20H25BrN2O4/c1-13-8-19(2,3)12-20(9-13)17(25)23(18(26)22-20)10-16(24)27-11-14-4-6-15(21)7-5-14/h4-7,13H,8-12H2,1-3H3,(H,22,26)/t13-,20+/m1/s1. The molecule has 1 spiro atoms. The van der Waals surface area contributed by atoms with Crippen LogP contribution in [0.3, 0.4) is 0 Å². The lowest BCUT2D eigenvalue weighted by atomic mass is 9.64. The number of esters is 1. The Morgan fingerprint density at radius 1 is 1.26 bits per heavy atom. The van der Waals surface area contributed by atoms with Gasteiger partial charge in [0.15, 0.2) is 0 Å². The van der Waals surface area contributed by atoms with Gasteiger partial charge in [0.05, 0.1) is 0 Å². The van der Waals surface area contributed by atoms with E-state index in [1.807, 2.05) is 24.3 Å². The summed E-state index contributed by atoms with van der Waals surface area (Å²) in [7, 11) is 0. The van der Waals surface area contributed by atoms with Gasteiger partial charge in [-0.05, 0) is 48.3 Å². The normalized spacial score (nSPS) is 27.0. The third-order valence-electron chi connectivity index (χ3n) is 5.22. The maximum atomic E-state index is 13.0. The largest absolute Gasteiger partial charge is 0.459 e. The molecule has 7 heteroatoms. The van der Waals surface area contributed by atoms with Crippen LogP contribution in [0.5, 0.6) is 0 Å². The number of carbonyl (C=O) groups is 3. The molecule has 1 saturated carbocycles. The Morgan fingerprint density at radius 2 is 1.93 bits per heavy atom. The van der Waals surface area contributed by atoms with Crippen LogP contribution in [0.15, 0.2) is 28.7 Å². The summed E-state index contributed by atoms with van der Waals surface area (Å²) in [6.07, 6.45) is 2.19. The molecule has 1 heterocycles. The zero-order valence-electron chi connectivity index (χ0n) is 15.9. The molecule has 2 fully saturated rings. The predicted octanol–water partition coefficient (Wildman–Crippen LogP) is 3.63. The second-order valence-corrected chi connectivity index (χ2v) is 9.46. The van der Waals surface area contributed by atoms with Gasteiger partial charge in [-0.3, -0.25) is 14.5 Å². The maximum absolute atomic E-state index is 13.0. The van der Waals surface area contributed by atoms with Crippen LogP contribution in [0.1, 0.15) is 45.6 Å². The molecule has 1 N–H and O–H groups in total. The molecule has 3 rings (SSSR count). The second kappa shape index (κ2) is 7.26. The Morgan fingerprint density at radius 3 is 2.56 bits per heavy atom. The molecule has 0 bridgehead atoms. The van der Waals surface area contributed by atoms with Crippen LogP contribution in [0.25, 0.3) is 0 Å². The van der Waals surface area contributed by atoms with Gasteiger partial charge in [0.2, 0.25) is 0 Å². The first-order valence-corrected chi connectivity index (χ1v) is 9.94. The first kappa shape index (κ1) is 19.9. The van der Waals surface area contributed by atoms with Crippen molar-refractivity contribution < 1.29 is 19.1 Å². The summed E-state index contributed by atoms with van der Waals surface area (Å²) in [6, 6.07) is 6.88. The number of imide groups is 1. The van der Waals surface area contributed by atoms with Gasteiger partial charge in [-0.25, -0.2) is 4.79 Å². The smallest absolute Gasteiger partial charge is 0.326 e. The number of nitrogens with one attached hydrogen (secondary N) is 1. The molecule has 1 aromatic rings. The van der Waals surface area contributed by atoms with Crippen molar-refractivity contribution in [2.24, 2.45) is 11.3 Å². The van der Waals surface area contributed by atoms with Gasteiger partial charge in [0, 0.05) is 4.47 Å². The number of nitrogens with zero attached hydrogens (tertiary/aromatic N) is 1. The van der Waals surface area contributed by atoms with E-state index in [1.54, 1.807) is 0 Å². The number of rotatable bonds is 4. The maximum Gasteiger partial charge on any atom is 0.326 e. The average molecular weight is 437 g/mol. The molecule has 0 unspecified atom stereocenters. The molecule has 2 aliphatic rings. The van der Waals surface area contributed by atoms with E-state index >= 15 is 0 Å². The van der Waals surface area contributed by atoms with Crippen LogP contribution in [0.2, 0.25) is 0 Å². The van der Waals surface area contributed by atoms with Crippen molar-refractivity contribution in [2.75, 3.05) is 6.54 Å². The van der Waals surface area contributed by atoms with E-state index in [0.717, 1.165) is 21.4 Å². The molecular weight excluding hydrogens is 412 g/mol. The first-order chi connectivity index (χ1) is 12.6. The molecule has 3 amide bonds. The molecule has 2 atom stereocenters. The monoisotopic (exact) mass is 436 g/mol. The highest BCUT2D eigenvalue weighted by atomic mass is 79.9. The van der Waals surface area contributed by atoms with Crippen LogP contribution < -0.4 is 5.32 Å². The summed E-state index contributed by atoms with van der Waals surface area (Å²) in [5.41, 5.74) is -0.105. The highest BCUT2D eigenvalue weighted by molar-refractivity contribution is 9.10. The van der Waals surface area contributed by atoms with Crippen molar-refractivity contribution in [3.63, 3.8) is 0 Å². The minimum Gasteiger partial charge on any atom is -0.459 e. The zero-order valence-corrected chi connectivity index (χ0v) is 17.5. The Labute approximate surface area is 167 Å². The van der Waals surface area contributed by atoms with E-state index in [2.05, 4.69) is 42.0 Å². The van der Waals surface area contributed by atoms with Crippen molar-refractivity contribution in [3.05, 3.63) is 34.3 Å². The summed E-state index contributed by atoms with van der Waals surface area (Å²) in [6.45, 7) is 6.05. The average Bonchev–Trinajstić information content (AvgIpc) is 2.76. The fraction of sp³-hybridized carbons (Fsp3) is 0.550. The molecule has 0 aromatic heterocycles. The van der Waals surface area contributed by atoms with E-state index in [-0.39, 0.29) is 24.5 Å². The summed E-state index contributed by atoms with van der Waals surface area (Å²) >= 11 is 3.35. The van der Waals surface area contributed by atoms with E-state index < -0.39 is 17.5 Å². The summed E-state index contributed by atoms with van der Waals surface area (Å²) in [4.78, 5) is 38.6. The molecule has 1 aliphatic heterocycles. The van der Waals surface area contributed by atoms with Crippen LogP contribution in [0, 0.1) is 11.3 Å². The first-order valence-electron chi connectivity index (χ1n) is 9.14. The number of carbonyl (C=O) groups excluding carboxylic acids is 3. The lowest BCUT2D eigenvalue weighted by molar-refractivity contribution is -0.149. The summed E-state index contributed by atoms with van der Waals surface area (Å²) < 4.78 is 6.17. The number of ether oxygens (including phenoxy) is 1. The third-order valence-corrected chi connectivity index (χ3v) is 5.75. The quantitative estimate of drug-likeness (QED) is 0.577. The van der Waals surface area contributed by atoms with Gasteiger partial charge in [0.25, 0.3) is 5.91 Å². The second-order valence-electron chi connectivity index (χ2n) is 8.55. The predicted molar refractivity (Wildman–Crippen MR) is 104 cm³/mol. The number of hydrogen-bond acceptors (Lipinski definition) is 4. The number of hydrogen-bond donors (Lipinski definition) is 1. The molecule has 0 radical (unpaired) electrons. The zero-order chi connectivity index (χ0) is 19.8. The van der Waals surface area contributed by atoms with Crippen molar-refractivity contribution in [3.8, 4) is 0 Å². The lowest BCUT2D eigenvalue weighted by Crippen LogP contribution is -2.54. The Hall–Kier alpha value is -1.89. The van der Waals surface area contributed by atoms with Crippen LogP contribution in [0.4, 0.5) is 4.79 Å². The topological polar surface area (TPSA) is 75.7 Å². The minimum atomic E-state index is -0.899. The molecular formula is C20H25BrN2O4. The molecule has 1 aromatic carbocycles. The van der Waals surface area contributed by atoms with Gasteiger partial charge in [-0.15, -0.1) is 0 Å². The fourth-order valence-electron chi connectivity index (χ4n) is 4.57. The van der Waals surface area contributed by atoms with Crippen LogP contribution >= 0.6 is 15.9 Å². The van der Waals surface area contributed by atoms with E-state index in [1.165, 1.54) is 0 Å². The van der Waals surface area contributed by atoms with E-state index in [0.29, 0.717) is 18.8 Å². The Balaban J connectivity index is 1.63. The van der Waals surface area contributed by atoms with Gasteiger partial charge in [-0.1, -0.05) is 48.8 Å². The number of benzene rings is 1. The number of amides is 3. The number of halogens is 1. The minimum absolute atomic E-state index is 0.0429. The molecule has 27 heavy (non-hydrogen) atoms. The Bertz CT molecular complexity index is 762. The summed E-state index contributed by atoms with van der Waals surface area (Å²) in [5.74, 6) is -0.586. The molecule has 1 saturated heterocycles. The molecule has 146 valence electrons. The lowest BCUT2D eigenvalue weighted by Gasteiger charge is -2.43. The van der Waals surface area contributed by atoms with E-state index in [4.69, 9.17) is 4.74 Å². The van der Waals surface area contributed by atoms with Gasteiger partial charge in [-0.2, -0.15) is 0 Å². The van der Waals surface area contributed by atoms with Crippen molar-refractivity contribution in [1.29, 1.82) is 0 Å². The highest BCUT2D eigenvalue weighted by Gasteiger charge is 2.56. The van der Waals surface area contributed by atoms with Crippen LogP contribution in [-0.2, 0) is 20.9 Å². The van der Waals surface area contributed by atoms with Crippen molar-refractivity contribution >= 4 is 33.8 Å². The SMILES string of the molecule is C[C@@H]1CC(C)(C)C[C@]2(C1)NC(=O)N(CC(=O)OCc1ccc(Br)cc1)C2=O. The van der Waals surface area contributed by atoms with E-state index in [9.17, 15) is 14.4 Å². The van der Waals surface area contributed by atoms with Crippen LogP contribution in [-0.4, -0.2) is 34.9 Å².